The number of methoxy groups -OCH3 is 1. The first-order chi connectivity index (χ1) is 16.3. The van der Waals surface area contributed by atoms with Gasteiger partial charge in [-0.2, -0.15) is 0 Å². The summed E-state index contributed by atoms with van der Waals surface area (Å²) in [5.74, 6) is 0.729. The standard InChI is InChI=1S/C28H39N3O2/c1-7-17-30-19-22(5)31(20-21(30)4)27(25-11-10-12-26(18-25)33-6)23-13-15-24(16-14-23)28(32)29(8-2)9-3/h7,10-16,18,21-22,27H,1,8-9,17,19-20H2,2-6H3/i15T. The molecule has 1 saturated heterocycles. The molecule has 1 fully saturated rings. The largest absolute Gasteiger partial charge is 0.497 e. The van der Waals surface area contributed by atoms with E-state index in [2.05, 4.69) is 42.4 Å². The van der Waals surface area contributed by atoms with E-state index in [1.807, 2.05) is 50.3 Å². The molecule has 0 radical (unpaired) electrons. The summed E-state index contributed by atoms with van der Waals surface area (Å²) in [6, 6.07) is 14.8. The Hall–Kier alpha value is -2.63. The van der Waals surface area contributed by atoms with Crippen LogP contribution in [0.2, 0.25) is 0 Å². The van der Waals surface area contributed by atoms with E-state index in [0.717, 1.165) is 36.5 Å². The number of amides is 1. The van der Waals surface area contributed by atoms with Gasteiger partial charge in [0.25, 0.3) is 5.91 Å². The summed E-state index contributed by atoms with van der Waals surface area (Å²) in [5, 5.41) is 0. The molecule has 1 aliphatic rings. The highest BCUT2D eigenvalue weighted by Crippen LogP contribution is 2.34. The molecule has 0 bridgehead atoms. The molecule has 1 heterocycles. The third-order valence-electron chi connectivity index (χ3n) is 6.70. The number of piperazine rings is 1. The molecule has 5 nitrogen and oxygen atoms in total. The van der Waals surface area contributed by atoms with E-state index in [1.54, 1.807) is 12.0 Å². The monoisotopic (exact) mass is 451 g/mol. The van der Waals surface area contributed by atoms with E-state index in [1.165, 1.54) is 0 Å². The molecule has 0 aromatic heterocycles. The maximum atomic E-state index is 12.9. The van der Waals surface area contributed by atoms with E-state index >= 15 is 0 Å². The van der Waals surface area contributed by atoms with Crippen LogP contribution in [0.5, 0.6) is 5.75 Å². The van der Waals surface area contributed by atoms with Crippen molar-refractivity contribution >= 4 is 5.91 Å². The normalized spacial score (nSPS) is 20.7. The Labute approximate surface area is 201 Å². The van der Waals surface area contributed by atoms with Crippen LogP contribution < -0.4 is 4.74 Å². The lowest BCUT2D eigenvalue weighted by Gasteiger charge is -2.47. The van der Waals surface area contributed by atoms with Gasteiger partial charge < -0.3 is 9.64 Å². The minimum atomic E-state index is -0.0838. The molecular formula is C28H39N3O2. The van der Waals surface area contributed by atoms with Crippen molar-refractivity contribution in [2.45, 2.75) is 45.8 Å². The first-order valence-electron chi connectivity index (χ1n) is 12.5. The number of hydrogen-bond donors (Lipinski definition) is 0. The van der Waals surface area contributed by atoms with Crippen LogP contribution in [0.25, 0.3) is 0 Å². The van der Waals surface area contributed by atoms with Gasteiger partial charge in [0.2, 0.25) is 0 Å². The minimum absolute atomic E-state index is 0.0415. The van der Waals surface area contributed by atoms with Crippen molar-refractivity contribution in [1.29, 1.82) is 0 Å². The van der Waals surface area contributed by atoms with Crippen LogP contribution in [0.1, 0.15) is 56.6 Å². The average Bonchev–Trinajstić information content (AvgIpc) is 2.83. The van der Waals surface area contributed by atoms with Crippen LogP contribution in [0, 0.1) is 0 Å². The fourth-order valence-electron chi connectivity index (χ4n) is 4.81. The Bertz CT molecular complexity index is 991. The lowest BCUT2D eigenvalue weighted by atomic mass is 9.92. The van der Waals surface area contributed by atoms with Gasteiger partial charge >= 0.3 is 0 Å². The maximum absolute atomic E-state index is 12.9. The van der Waals surface area contributed by atoms with Gasteiger partial charge in [-0.15, -0.1) is 6.58 Å². The second kappa shape index (κ2) is 11.5. The predicted octanol–water partition coefficient (Wildman–Crippen LogP) is 4.85. The summed E-state index contributed by atoms with van der Waals surface area (Å²) in [6.07, 6.45) is 1.97. The number of rotatable bonds is 9. The first kappa shape index (κ1) is 23.5. The quantitative estimate of drug-likeness (QED) is 0.511. The molecule has 2 aromatic rings. The van der Waals surface area contributed by atoms with Crippen LogP contribution in [0.15, 0.2) is 61.2 Å². The first-order valence-corrected chi connectivity index (χ1v) is 12.0. The smallest absolute Gasteiger partial charge is 0.253 e. The number of carbonyl (C=O) groups excluding carboxylic acids is 1. The molecule has 1 aliphatic heterocycles. The van der Waals surface area contributed by atoms with Crippen LogP contribution in [0.4, 0.5) is 0 Å². The summed E-state index contributed by atoms with van der Waals surface area (Å²) in [6.45, 7) is 16.3. The van der Waals surface area contributed by atoms with Crippen molar-refractivity contribution in [3.63, 3.8) is 0 Å². The van der Waals surface area contributed by atoms with E-state index in [4.69, 9.17) is 6.11 Å². The molecule has 3 rings (SSSR count). The highest BCUT2D eigenvalue weighted by Gasteiger charge is 2.34. The van der Waals surface area contributed by atoms with Gasteiger partial charge in [-0.3, -0.25) is 14.6 Å². The molecule has 5 heteroatoms. The Morgan fingerprint density at radius 3 is 2.58 bits per heavy atom. The zero-order chi connectivity index (χ0) is 24.8. The fourth-order valence-corrected chi connectivity index (χ4v) is 4.81. The summed E-state index contributed by atoms with van der Waals surface area (Å²) >= 11 is 0. The molecule has 0 spiro atoms. The summed E-state index contributed by atoms with van der Waals surface area (Å²) in [5.41, 5.74) is 2.59. The number of hydrogen-bond acceptors (Lipinski definition) is 4. The topological polar surface area (TPSA) is 36.0 Å². The second-order valence-corrected chi connectivity index (χ2v) is 8.83. The minimum Gasteiger partial charge on any atom is -0.497 e. The highest BCUT2D eigenvalue weighted by atomic mass is 16.5. The molecule has 0 N–H and O–H groups in total. The van der Waals surface area contributed by atoms with E-state index in [0.29, 0.717) is 30.7 Å². The van der Waals surface area contributed by atoms with Gasteiger partial charge in [-0.05, 0) is 63.1 Å². The van der Waals surface area contributed by atoms with Crippen molar-refractivity contribution < 1.29 is 10.9 Å². The highest BCUT2D eigenvalue weighted by molar-refractivity contribution is 5.94. The lowest BCUT2D eigenvalue weighted by Crippen LogP contribution is -2.57. The van der Waals surface area contributed by atoms with Gasteiger partial charge in [0.15, 0.2) is 0 Å². The number of ether oxygens (including phenoxy) is 1. The molecule has 3 unspecified atom stereocenters. The molecule has 178 valence electrons. The Morgan fingerprint density at radius 2 is 1.94 bits per heavy atom. The van der Waals surface area contributed by atoms with E-state index < -0.39 is 0 Å². The maximum Gasteiger partial charge on any atom is 0.253 e. The van der Waals surface area contributed by atoms with Crippen molar-refractivity contribution in [3.8, 4) is 5.75 Å². The molecule has 3 atom stereocenters. The SMILES string of the molecule is [3H]c1cc(C(c2cccc(OC)c2)N2CC(C)N(CC=C)CC2C)ccc1C(=O)N(CC)CC. The molecule has 2 aromatic carbocycles. The van der Waals surface area contributed by atoms with Crippen molar-refractivity contribution in [1.82, 2.24) is 14.7 Å². The number of carbonyl (C=O) groups is 1. The van der Waals surface area contributed by atoms with Gasteiger partial charge in [0.05, 0.1) is 14.5 Å². The molecule has 1 amide bonds. The van der Waals surface area contributed by atoms with Gasteiger partial charge in [0.1, 0.15) is 5.75 Å². The van der Waals surface area contributed by atoms with Crippen molar-refractivity contribution in [3.05, 3.63) is 77.9 Å². The fraction of sp³-hybridized carbons (Fsp3) is 0.464. The van der Waals surface area contributed by atoms with Gasteiger partial charge in [-0.1, -0.05) is 30.3 Å². The predicted molar refractivity (Wildman–Crippen MR) is 136 cm³/mol. The van der Waals surface area contributed by atoms with E-state index in [9.17, 15) is 4.79 Å². The summed E-state index contributed by atoms with van der Waals surface area (Å²) in [7, 11) is 1.68. The third-order valence-corrected chi connectivity index (χ3v) is 6.70. The Balaban J connectivity index is 2.04. The molecule has 33 heavy (non-hydrogen) atoms. The third kappa shape index (κ3) is 5.66. The van der Waals surface area contributed by atoms with E-state index in [-0.39, 0.29) is 18.0 Å². The average molecular weight is 452 g/mol. The van der Waals surface area contributed by atoms with Crippen LogP contribution >= 0.6 is 0 Å². The van der Waals surface area contributed by atoms with Crippen molar-refractivity contribution in [2.24, 2.45) is 0 Å². The Kier molecular flexibility index (Phi) is 8.19. The van der Waals surface area contributed by atoms with Gasteiger partial charge in [0, 0.05) is 50.4 Å². The molecule has 0 aliphatic carbocycles. The molecule has 0 saturated carbocycles. The Morgan fingerprint density at radius 1 is 1.18 bits per heavy atom. The summed E-state index contributed by atoms with van der Waals surface area (Å²) < 4.78 is 14.2. The number of nitrogens with zero attached hydrogens (tertiary/aromatic N) is 3. The molecular weight excluding hydrogens is 410 g/mol. The lowest BCUT2D eigenvalue weighted by molar-refractivity contribution is 0.0306. The second-order valence-electron chi connectivity index (χ2n) is 8.83. The van der Waals surface area contributed by atoms with Crippen LogP contribution in [0.3, 0.4) is 0 Å². The van der Waals surface area contributed by atoms with Crippen molar-refractivity contribution in [2.75, 3.05) is 39.8 Å². The zero-order valence-electron chi connectivity index (χ0n) is 21.8. The number of benzene rings is 2. The van der Waals surface area contributed by atoms with Crippen LogP contribution in [-0.4, -0.2) is 72.5 Å². The zero-order valence-corrected chi connectivity index (χ0v) is 20.8. The summed E-state index contributed by atoms with van der Waals surface area (Å²) in [4.78, 5) is 19.7. The van der Waals surface area contributed by atoms with Gasteiger partial charge in [-0.25, -0.2) is 0 Å². The van der Waals surface area contributed by atoms with Crippen LogP contribution in [-0.2, 0) is 0 Å².